The second-order valence-corrected chi connectivity index (χ2v) is 3.81. The lowest BCUT2D eigenvalue weighted by Crippen LogP contribution is -1.86. The molecular formula is C14H12O2. The van der Waals surface area contributed by atoms with E-state index in [9.17, 15) is 0 Å². The molecule has 2 heteroatoms. The lowest BCUT2D eigenvalue weighted by atomic mass is 10.1. The highest BCUT2D eigenvalue weighted by Gasteiger charge is 2.24. The summed E-state index contributed by atoms with van der Waals surface area (Å²) in [5.74, 6) is 1.72. The Balaban J connectivity index is 1.81. The monoisotopic (exact) mass is 212 g/mol. The van der Waals surface area contributed by atoms with Crippen LogP contribution in [0.15, 0.2) is 54.6 Å². The van der Waals surface area contributed by atoms with E-state index in [4.69, 9.17) is 9.47 Å². The van der Waals surface area contributed by atoms with Crippen molar-refractivity contribution in [3.05, 3.63) is 60.2 Å². The van der Waals surface area contributed by atoms with Crippen LogP contribution in [0.4, 0.5) is 0 Å². The first-order chi connectivity index (χ1) is 7.92. The van der Waals surface area contributed by atoms with Gasteiger partial charge in [0.15, 0.2) is 0 Å². The van der Waals surface area contributed by atoms with Gasteiger partial charge in [-0.2, -0.15) is 0 Å². The van der Waals surface area contributed by atoms with Gasteiger partial charge < -0.3 is 9.47 Å². The molecular weight excluding hydrogens is 200 g/mol. The van der Waals surface area contributed by atoms with Gasteiger partial charge >= 0.3 is 0 Å². The van der Waals surface area contributed by atoms with Crippen molar-refractivity contribution in [1.29, 1.82) is 0 Å². The summed E-state index contributed by atoms with van der Waals surface area (Å²) in [5, 5.41) is 0. The summed E-state index contributed by atoms with van der Waals surface area (Å²) in [6.45, 7) is 0.828. The molecule has 0 spiro atoms. The summed E-state index contributed by atoms with van der Waals surface area (Å²) in [6.07, 6.45) is 0.277. The molecule has 16 heavy (non-hydrogen) atoms. The molecule has 0 amide bonds. The normalized spacial score (nSPS) is 18.1. The summed E-state index contributed by atoms with van der Waals surface area (Å²) in [4.78, 5) is 0. The highest BCUT2D eigenvalue weighted by Crippen LogP contribution is 2.32. The van der Waals surface area contributed by atoms with Gasteiger partial charge in [0.1, 0.15) is 17.6 Å². The third-order valence-corrected chi connectivity index (χ3v) is 2.54. The van der Waals surface area contributed by atoms with E-state index in [0.29, 0.717) is 0 Å². The zero-order valence-electron chi connectivity index (χ0n) is 8.80. The number of hydrogen-bond acceptors (Lipinski definition) is 2. The Bertz CT molecular complexity index is 475. The molecule has 1 unspecified atom stereocenters. The molecule has 2 nitrogen and oxygen atoms in total. The summed E-state index contributed by atoms with van der Waals surface area (Å²) in [7, 11) is 0. The molecule has 0 saturated carbocycles. The fraction of sp³-hybridized carbons (Fsp3) is 0.143. The number of rotatable bonds is 3. The Morgan fingerprint density at radius 1 is 0.938 bits per heavy atom. The van der Waals surface area contributed by atoms with Crippen LogP contribution < -0.4 is 4.74 Å². The second-order valence-electron chi connectivity index (χ2n) is 3.81. The van der Waals surface area contributed by atoms with Crippen molar-refractivity contribution in [1.82, 2.24) is 0 Å². The summed E-state index contributed by atoms with van der Waals surface area (Å²) in [6, 6.07) is 17.8. The quantitative estimate of drug-likeness (QED) is 0.726. The number of epoxide rings is 1. The van der Waals surface area contributed by atoms with Crippen LogP contribution in [0.3, 0.4) is 0 Å². The van der Waals surface area contributed by atoms with E-state index in [2.05, 4.69) is 6.07 Å². The van der Waals surface area contributed by atoms with Crippen LogP contribution in [0, 0.1) is 0 Å². The number of benzene rings is 2. The zero-order valence-corrected chi connectivity index (χ0v) is 8.80. The van der Waals surface area contributed by atoms with Gasteiger partial charge in [-0.3, -0.25) is 0 Å². The van der Waals surface area contributed by atoms with E-state index in [0.717, 1.165) is 18.1 Å². The van der Waals surface area contributed by atoms with E-state index in [1.54, 1.807) is 0 Å². The predicted molar refractivity (Wildman–Crippen MR) is 61.7 cm³/mol. The molecule has 80 valence electrons. The van der Waals surface area contributed by atoms with Crippen LogP contribution in [0.1, 0.15) is 11.7 Å². The van der Waals surface area contributed by atoms with Gasteiger partial charge in [-0.15, -0.1) is 0 Å². The van der Waals surface area contributed by atoms with Crippen molar-refractivity contribution >= 4 is 0 Å². The molecule has 0 N–H and O–H groups in total. The fourth-order valence-corrected chi connectivity index (χ4v) is 1.64. The average Bonchev–Trinajstić information content (AvgIpc) is 3.15. The summed E-state index contributed by atoms with van der Waals surface area (Å²) < 4.78 is 11.0. The molecule has 2 aromatic carbocycles. The minimum Gasteiger partial charge on any atom is -0.457 e. The fourth-order valence-electron chi connectivity index (χ4n) is 1.64. The maximum atomic E-state index is 5.74. The van der Waals surface area contributed by atoms with Crippen molar-refractivity contribution in [3.63, 3.8) is 0 Å². The molecule has 0 radical (unpaired) electrons. The van der Waals surface area contributed by atoms with Crippen LogP contribution in [-0.2, 0) is 4.74 Å². The molecule has 0 bridgehead atoms. The average molecular weight is 212 g/mol. The minimum absolute atomic E-state index is 0.277. The van der Waals surface area contributed by atoms with E-state index in [1.807, 2.05) is 48.5 Å². The Morgan fingerprint density at radius 2 is 1.69 bits per heavy atom. The van der Waals surface area contributed by atoms with Gasteiger partial charge in [-0.05, 0) is 29.8 Å². The van der Waals surface area contributed by atoms with Crippen LogP contribution in [-0.4, -0.2) is 6.61 Å². The minimum atomic E-state index is 0.277. The molecule has 0 aromatic heterocycles. The SMILES string of the molecule is c1ccc(Oc2cccc(C3CO3)c2)cc1. The first-order valence-electron chi connectivity index (χ1n) is 5.36. The van der Waals surface area contributed by atoms with Gasteiger partial charge in [0.05, 0.1) is 6.61 Å². The highest BCUT2D eigenvalue weighted by molar-refractivity contribution is 5.35. The van der Waals surface area contributed by atoms with Crippen molar-refractivity contribution in [2.75, 3.05) is 6.61 Å². The third kappa shape index (κ3) is 2.07. The Labute approximate surface area is 94.4 Å². The predicted octanol–water partition coefficient (Wildman–Crippen LogP) is 3.55. The molecule has 1 aliphatic heterocycles. The smallest absolute Gasteiger partial charge is 0.127 e. The molecule has 3 rings (SSSR count). The van der Waals surface area contributed by atoms with E-state index in [-0.39, 0.29) is 6.10 Å². The van der Waals surface area contributed by atoms with E-state index >= 15 is 0 Å². The van der Waals surface area contributed by atoms with Crippen molar-refractivity contribution in [2.24, 2.45) is 0 Å². The largest absolute Gasteiger partial charge is 0.457 e. The molecule has 1 saturated heterocycles. The zero-order chi connectivity index (χ0) is 10.8. The second kappa shape index (κ2) is 3.99. The first-order valence-corrected chi connectivity index (χ1v) is 5.36. The maximum Gasteiger partial charge on any atom is 0.127 e. The Hall–Kier alpha value is -1.80. The molecule has 0 aliphatic carbocycles. The standard InChI is InChI=1S/C14H12O2/c1-2-6-12(7-3-1)16-13-8-4-5-11(9-13)14-10-15-14/h1-9,14H,10H2. The topological polar surface area (TPSA) is 21.8 Å². The van der Waals surface area contributed by atoms with Crippen LogP contribution in [0.2, 0.25) is 0 Å². The highest BCUT2D eigenvalue weighted by atomic mass is 16.6. The van der Waals surface area contributed by atoms with Gasteiger partial charge in [0, 0.05) is 0 Å². The van der Waals surface area contributed by atoms with Gasteiger partial charge in [0.25, 0.3) is 0 Å². The van der Waals surface area contributed by atoms with Crippen LogP contribution in [0.25, 0.3) is 0 Å². The third-order valence-electron chi connectivity index (χ3n) is 2.54. The van der Waals surface area contributed by atoms with Crippen molar-refractivity contribution < 1.29 is 9.47 Å². The molecule has 1 heterocycles. The maximum absolute atomic E-state index is 5.74. The molecule has 1 fully saturated rings. The summed E-state index contributed by atoms with van der Waals surface area (Å²) >= 11 is 0. The van der Waals surface area contributed by atoms with Crippen molar-refractivity contribution in [3.8, 4) is 11.5 Å². The van der Waals surface area contributed by atoms with Crippen LogP contribution in [0.5, 0.6) is 11.5 Å². The van der Waals surface area contributed by atoms with Gasteiger partial charge in [-0.25, -0.2) is 0 Å². The first kappa shape index (κ1) is 9.43. The number of ether oxygens (including phenoxy) is 2. The van der Waals surface area contributed by atoms with Gasteiger partial charge in [0.2, 0.25) is 0 Å². The van der Waals surface area contributed by atoms with Crippen LogP contribution >= 0.6 is 0 Å². The van der Waals surface area contributed by atoms with E-state index in [1.165, 1.54) is 5.56 Å². The molecule has 2 aromatic rings. The Kier molecular flexibility index (Phi) is 2.35. The molecule has 1 atom stereocenters. The van der Waals surface area contributed by atoms with Gasteiger partial charge in [-0.1, -0.05) is 30.3 Å². The van der Waals surface area contributed by atoms with Crippen molar-refractivity contribution in [2.45, 2.75) is 6.10 Å². The summed E-state index contributed by atoms with van der Waals surface area (Å²) in [5.41, 5.74) is 1.19. The molecule has 1 aliphatic rings. The van der Waals surface area contributed by atoms with E-state index < -0.39 is 0 Å². The Morgan fingerprint density at radius 3 is 2.44 bits per heavy atom. The lowest BCUT2D eigenvalue weighted by molar-refractivity contribution is 0.414. The number of hydrogen-bond donors (Lipinski definition) is 0. The number of para-hydroxylation sites is 1. The lowest BCUT2D eigenvalue weighted by Gasteiger charge is -2.06.